The van der Waals surface area contributed by atoms with E-state index in [1.54, 1.807) is 6.07 Å². The van der Waals surface area contributed by atoms with Gasteiger partial charge in [0.25, 0.3) is 5.91 Å². The van der Waals surface area contributed by atoms with Gasteiger partial charge in [-0.05, 0) is 31.0 Å². The molecule has 0 unspecified atom stereocenters. The van der Waals surface area contributed by atoms with Crippen molar-refractivity contribution in [3.8, 4) is 0 Å². The predicted molar refractivity (Wildman–Crippen MR) is 84.3 cm³/mol. The van der Waals surface area contributed by atoms with Gasteiger partial charge in [0, 0.05) is 11.6 Å². The maximum atomic E-state index is 12.2. The van der Waals surface area contributed by atoms with Crippen molar-refractivity contribution in [3.63, 3.8) is 0 Å². The van der Waals surface area contributed by atoms with Crippen LogP contribution in [0.1, 0.15) is 42.5 Å². The minimum Gasteiger partial charge on any atom is -0.349 e. The highest BCUT2D eigenvalue weighted by atomic mass is 35.5. The summed E-state index contributed by atoms with van der Waals surface area (Å²) >= 11 is 5.94. The van der Waals surface area contributed by atoms with Gasteiger partial charge in [0.2, 0.25) is 10.0 Å². The zero-order valence-electron chi connectivity index (χ0n) is 11.9. The van der Waals surface area contributed by atoms with Gasteiger partial charge in [-0.1, -0.05) is 30.9 Å². The van der Waals surface area contributed by atoms with Crippen LogP contribution in [0.25, 0.3) is 0 Å². The smallest absolute Gasteiger partial charge is 0.251 e. The first-order chi connectivity index (χ1) is 9.85. The lowest BCUT2D eigenvalue weighted by Gasteiger charge is -2.22. The van der Waals surface area contributed by atoms with Crippen molar-refractivity contribution < 1.29 is 13.2 Å². The molecule has 0 saturated heterocycles. The molecule has 21 heavy (non-hydrogen) atoms. The first-order valence-electron chi connectivity index (χ1n) is 6.93. The molecule has 1 aromatic carbocycles. The van der Waals surface area contributed by atoms with E-state index >= 15 is 0 Å². The summed E-state index contributed by atoms with van der Waals surface area (Å²) in [6, 6.07) is 4.77. The van der Waals surface area contributed by atoms with E-state index in [2.05, 4.69) is 10.0 Å². The molecule has 1 aliphatic rings. The Morgan fingerprint density at radius 2 is 1.90 bits per heavy atom. The maximum absolute atomic E-state index is 12.2. The number of sulfonamides is 1. The molecule has 0 radical (unpaired) electrons. The monoisotopic (exact) mass is 330 g/mol. The van der Waals surface area contributed by atoms with E-state index in [1.165, 1.54) is 18.6 Å². The van der Waals surface area contributed by atoms with E-state index in [4.69, 9.17) is 11.6 Å². The Balaban J connectivity index is 2.12. The summed E-state index contributed by atoms with van der Waals surface area (Å²) in [5.41, 5.74) is 0.617. The van der Waals surface area contributed by atoms with Gasteiger partial charge in [-0.3, -0.25) is 9.52 Å². The Kier molecular flexibility index (Phi) is 5.11. The van der Waals surface area contributed by atoms with E-state index in [0.717, 1.165) is 31.9 Å². The van der Waals surface area contributed by atoms with Gasteiger partial charge in [0.05, 0.1) is 17.0 Å². The van der Waals surface area contributed by atoms with Gasteiger partial charge in [-0.25, -0.2) is 8.42 Å². The van der Waals surface area contributed by atoms with E-state index in [0.29, 0.717) is 5.56 Å². The first-order valence-corrected chi connectivity index (χ1v) is 9.20. The summed E-state index contributed by atoms with van der Waals surface area (Å²) in [6.07, 6.45) is 6.51. The van der Waals surface area contributed by atoms with Crippen LogP contribution >= 0.6 is 11.6 Å². The first kappa shape index (κ1) is 16.1. The third-order valence-electron chi connectivity index (χ3n) is 3.46. The standard InChI is InChI=1S/C14H19ClN2O3S/c1-21(19,20)17-13-9-10(7-8-12(13)15)14(18)16-11-5-3-2-4-6-11/h7-9,11,17H,2-6H2,1H3,(H,16,18). The highest BCUT2D eigenvalue weighted by Crippen LogP contribution is 2.24. The summed E-state index contributed by atoms with van der Waals surface area (Å²) in [5, 5.41) is 3.24. The minimum atomic E-state index is -3.44. The number of anilines is 1. The van der Waals surface area contributed by atoms with Crippen LogP contribution in [-0.2, 0) is 10.0 Å². The highest BCUT2D eigenvalue weighted by molar-refractivity contribution is 7.92. The summed E-state index contributed by atoms with van der Waals surface area (Å²) in [4.78, 5) is 12.2. The number of carbonyl (C=O) groups is 1. The van der Waals surface area contributed by atoms with Gasteiger partial charge in [0.1, 0.15) is 0 Å². The molecule has 0 heterocycles. The number of halogens is 1. The number of amides is 1. The summed E-state index contributed by atoms with van der Waals surface area (Å²) in [6.45, 7) is 0. The summed E-state index contributed by atoms with van der Waals surface area (Å²) in [5.74, 6) is -0.199. The van der Waals surface area contributed by atoms with E-state index in [1.807, 2.05) is 0 Å². The summed E-state index contributed by atoms with van der Waals surface area (Å²) in [7, 11) is -3.44. The van der Waals surface area contributed by atoms with E-state index in [9.17, 15) is 13.2 Å². The van der Waals surface area contributed by atoms with E-state index < -0.39 is 10.0 Å². The Morgan fingerprint density at radius 1 is 1.24 bits per heavy atom. The van der Waals surface area contributed by atoms with Crippen molar-refractivity contribution in [2.75, 3.05) is 11.0 Å². The third-order valence-corrected chi connectivity index (χ3v) is 4.38. The minimum absolute atomic E-state index is 0.199. The SMILES string of the molecule is CS(=O)(=O)Nc1cc(C(=O)NC2CCCCC2)ccc1Cl. The molecular formula is C14H19ClN2O3S. The van der Waals surface area contributed by atoms with Crippen LogP contribution in [0.5, 0.6) is 0 Å². The highest BCUT2D eigenvalue weighted by Gasteiger charge is 2.17. The zero-order chi connectivity index (χ0) is 15.5. The van der Waals surface area contributed by atoms with Crippen LogP contribution in [-0.4, -0.2) is 26.6 Å². The Morgan fingerprint density at radius 3 is 2.52 bits per heavy atom. The molecule has 5 nitrogen and oxygen atoms in total. The molecule has 1 saturated carbocycles. The lowest BCUT2D eigenvalue weighted by Crippen LogP contribution is -2.36. The summed E-state index contributed by atoms with van der Waals surface area (Å²) < 4.78 is 24.9. The Labute approximate surface area is 130 Å². The molecule has 0 bridgehead atoms. The van der Waals surface area contributed by atoms with Crippen LogP contribution < -0.4 is 10.0 Å². The number of rotatable bonds is 4. The fourth-order valence-electron chi connectivity index (χ4n) is 2.46. The van der Waals surface area contributed by atoms with Crippen LogP contribution in [0, 0.1) is 0 Å². The molecule has 0 aliphatic heterocycles. The van der Waals surface area contributed by atoms with Gasteiger partial charge >= 0.3 is 0 Å². The lowest BCUT2D eigenvalue weighted by molar-refractivity contribution is 0.0927. The molecule has 2 rings (SSSR count). The fourth-order valence-corrected chi connectivity index (χ4v) is 3.25. The second-order valence-electron chi connectivity index (χ2n) is 5.38. The molecule has 1 aromatic rings. The number of nitrogens with one attached hydrogen (secondary N) is 2. The molecule has 116 valence electrons. The fraction of sp³-hybridized carbons (Fsp3) is 0.500. The predicted octanol–water partition coefficient (Wildman–Crippen LogP) is 2.77. The third kappa shape index (κ3) is 4.89. The Bertz CT molecular complexity index is 625. The molecular weight excluding hydrogens is 312 g/mol. The average molecular weight is 331 g/mol. The number of benzene rings is 1. The lowest BCUT2D eigenvalue weighted by atomic mass is 9.95. The van der Waals surface area contributed by atoms with Crippen molar-refractivity contribution in [1.29, 1.82) is 0 Å². The molecule has 2 N–H and O–H groups in total. The molecule has 7 heteroatoms. The van der Waals surface area contributed by atoms with Crippen LogP contribution in [0.4, 0.5) is 5.69 Å². The Hall–Kier alpha value is -1.27. The van der Waals surface area contributed by atoms with Gasteiger partial charge in [-0.2, -0.15) is 0 Å². The second-order valence-corrected chi connectivity index (χ2v) is 7.53. The largest absolute Gasteiger partial charge is 0.349 e. The van der Waals surface area contributed by atoms with Crippen LogP contribution in [0.2, 0.25) is 5.02 Å². The van der Waals surface area contributed by atoms with Crippen molar-refractivity contribution in [2.45, 2.75) is 38.1 Å². The topological polar surface area (TPSA) is 75.3 Å². The van der Waals surface area contributed by atoms with Crippen molar-refractivity contribution in [1.82, 2.24) is 5.32 Å². The van der Waals surface area contributed by atoms with Gasteiger partial charge in [-0.15, -0.1) is 0 Å². The number of hydrogen-bond acceptors (Lipinski definition) is 3. The van der Waals surface area contributed by atoms with Crippen molar-refractivity contribution in [3.05, 3.63) is 28.8 Å². The number of hydrogen-bond donors (Lipinski definition) is 2. The van der Waals surface area contributed by atoms with Crippen LogP contribution in [0.3, 0.4) is 0 Å². The molecule has 0 spiro atoms. The second kappa shape index (κ2) is 6.66. The zero-order valence-corrected chi connectivity index (χ0v) is 13.4. The molecule has 0 atom stereocenters. The van der Waals surface area contributed by atoms with Crippen molar-refractivity contribution in [2.24, 2.45) is 0 Å². The molecule has 1 fully saturated rings. The van der Waals surface area contributed by atoms with Crippen molar-refractivity contribution >= 4 is 33.2 Å². The molecule has 1 aliphatic carbocycles. The molecule has 1 amide bonds. The average Bonchev–Trinajstić information content (AvgIpc) is 2.41. The normalized spacial score (nSPS) is 16.5. The quantitative estimate of drug-likeness (QED) is 0.891. The van der Waals surface area contributed by atoms with E-state index in [-0.39, 0.29) is 22.7 Å². The molecule has 0 aromatic heterocycles. The van der Waals surface area contributed by atoms with Gasteiger partial charge < -0.3 is 5.32 Å². The van der Waals surface area contributed by atoms with Gasteiger partial charge in [0.15, 0.2) is 0 Å². The van der Waals surface area contributed by atoms with Crippen LogP contribution in [0.15, 0.2) is 18.2 Å². The number of carbonyl (C=O) groups excluding carboxylic acids is 1. The maximum Gasteiger partial charge on any atom is 0.251 e.